The van der Waals surface area contributed by atoms with E-state index >= 15 is 0 Å². The molecular formula is C26H20F3N3O3. The highest BCUT2D eigenvalue weighted by Gasteiger charge is 2.47. The number of rotatable bonds is 2. The third-order valence-corrected chi connectivity index (χ3v) is 6.50. The van der Waals surface area contributed by atoms with Crippen molar-refractivity contribution in [3.63, 3.8) is 0 Å². The molecule has 0 saturated heterocycles. The van der Waals surface area contributed by atoms with Crippen molar-refractivity contribution in [2.45, 2.75) is 18.1 Å². The van der Waals surface area contributed by atoms with Crippen molar-refractivity contribution in [3.8, 4) is 22.6 Å². The molecule has 0 amide bonds. The van der Waals surface area contributed by atoms with Crippen LogP contribution in [0.1, 0.15) is 28.8 Å². The van der Waals surface area contributed by atoms with E-state index in [0.29, 0.717) is 41.4 Å². The number of pyridine rings is 1. The van der Waals surface area contributed by atoms with Gasteiger partial charge >= 0.3 is 6.18 Å². The summed E-state index contributed by atoms with van der Waals surface area (Å²) in [4.78, 5) is 9.26. The third-order valence-electron chi connectivity index (χ3n) is 6.50. The SMILES string of the molecule is NC1=N[C@@]2(CO1)c1cc(-c3cccc(C(F)(F)F)c3)ccc1Oc1cnc(C3=CCOCC3)cc12. The summed E-state index contributed by atoms with van der Waals surface area (Å²) in [5, 5.41) is 0. The Bertz CT molecular complexity index is 1400. The van der Waals surface area contributed by atoms with Gasteiger partial charge in [0.1, 0.15) is 12.4 Å². The molecule has 0 unspecified atom stereocenters. The normalized spacial score (nSPS) is 20.9. The highest BCUT2D eigenvalue weighted by Crippen LogP contribution is 2.52. The largest absolute Gasteiger partial charge is 0.462 e. The third kappa shape index (κ3) is 3.63. The molecule has 4 heterocycles. The average Bonchev–Trinajstić information content (AvgIpc) is 3.26. The van der Waals surface area contributed by atoms with Gasteiger partial charge in [-0.2, -0.15) is 13.2 Å². The molecule has 1 spiro atoms. The van der Waals surface area contributed by atoms with E-state index in [9.17, 15) is 13.2 Å². The van der Waals surface area contributed by atoms with Crippen LogP contribution in [-0.4, -0.2) is 30.8 Å². The molecule has 1 atom stereocenters. The minimum atomic E-state index is -4.44. The molecule has 6 rings (SSSR count). The minimum Gasteiger partial charge on any atom is -0.462 e. The Hall–Kier alpha value is -3.85. The predicted octanol–water partition coefficient (Wildman–Crippen LogP) is 5.27. The first-order chi connectivity index (χ1) is 16.8. The number of halogens is 3. The Morgan fingerprint density at radius 3 is 2.54 bits per heavy atom. The van der Waals surface area contributed by atoms with Crippen LogP contribution in [-0.2, 0) is 21.2 Å². The van der Waals surface area contributed by atoms with E-state index in [0.717, 1.165) is 35.4 Å². The van der Waals surface area contributed by atoms with Gasteiger partial charge in [0, 0.05) is 11.1 Å². The fourth-order valence-electron chi connectivity index (χ4n) is 4.75. The second-order valence-corrected chi connectivity index (χ2v) is 8.61. The highest BCUT2D eigenvalue weighted by atomic mass is 19.4. The van der Waals surface area contributed by atoms with Gasteiger partial charge in [-0.15, -0.1) is 0 Å². The second kappa shape index (κ2) is 7.84. The number of aromatic nitrogens is 1. The number of amidine groups is 1. The van der Waals surface area contributed by atoms with Gasteiger partial charge < -0.3 is 19.9 Å². The Morgan fingerprint density at radius 2 is 1.80 bits per heavy atom. The van der Waals surface area contributed by atoms with E-state index in [1.54, 1.807) is 30.5 Å². The molecule has 3 aromatic rings. The first-order valence-corrected chi connectivity index (χ1v) is 11.1. The molecule has 0 saturated carbocycles. The summed E-state index contributed by atoms with van der Waals surface area (Å²) in [6, 6.07) is 12.4. The van der Waals surface area contributed by atoms with Crippen LogP contribution in [0.5, 0.6) is 11.5 Å². The van der Waals surface area contributed by atoms with E-state index in [4.69, 9.17) is 19.9 Å². The van der Waals surface area contributed by atoms with E-state index in [2.05, 4.69) is 9.98 Å². The molecule has 2 N–H and O–H groups in total. The molecule has 35 heavy (non-hydrogen) atoms. The number of hydrogen-bond acceptors (Lipinski definition) is 6. The summed E-state index contributed by atoms with van der Waals surface area (Å²) in [7, 11) is 0. The van der Waals surface area contributed by atoms with Gasteiger partial charge in [0.25, 0.3) is 6.02 Å². The Morgan fingerprint density at radius 1 is 0.971 bits per heavy atom. The zero-order valence-corrected chi connectivity index (χ0v) is 18.4. The smallest absolute Gasteiger partial charge is 0.416 e. The minimum absolute atomic E-state index is 0.0388. The van der Waals surface area contributed by atoms with Crippen LogP contribution in [0.3, 0.4) is 0 Å². The van der Waals surface area contributed by atoms with Crippen LogP contribution in [0.25, 0.3) is 16.7 Å². The molecule has 0 radical (unpaired) electrons. The van der Waals surface area contributed by atoms with Crippen molar-refractivity contribution in [1.29, 1.82) is 0 Å². The van der Waals surface area contributed by atoms with Crippen LogP contribution in [0.4, 0.5) is 13.2 Å². The lowest BCUT2D eigenvalue weighted by Crippen LogP contribution is -2.31. The van der Waals surface area contributed by atoms with Crippen molar-refractivity contribution in [2.75, 3.05) is 19.8 Å². The van der Waals surface area contributed by atoms with Crippen LogP contribution < -0.4 is 10.5 Å². The molecule has 1 aromatic heterocycles. The number of ether oxygens (including phenoxy) is 3. The van der Waals surface area contributed by atoms with Crippen LogP contribution in [0, 0.1) is 0 Å². The maximum absolute atomic E-state index is 13.3. The monoisotopic (exact) mass is 479 g/mol. The Balaban J connectivity index is 1.50. The van der Waals surface area contributed by atoms with Crippen molar-refractivity contribution >= 4 is 11.6 Å². The highest BCUT2D eigenvalue weighted by molar-refractivity contribution is 5.78. The maximum atomic E-state index is 13.3. The number of fused-ring (bicyclic) bond motifs is 4. The molecule has 3 aliphatic rings. The number of benzene rings is 2. The maximum Gasteiger partial charge on any atom is 0.416 e. The van der Waals surface area contributed by atoms with Crippen molar-refractivity contribution < 1.29 is 27.4 Å². The Kier molecular flexibility index (Phi) is 4.86. The molecular weight excluding hydrogens is 459 g/mol. The zero-order valence-electron chi connectivity index (χ0n) is 18.4. The molecule has 3 aliphatic heterocycles. The van der Waals surface area contributed by atoms with Gasteiger partial charge in [0.2, 0.25) is 0 Å². The van der Waals surface area contributed by atoms with Gasteiger partial charge in [-0.3, -0.25) is 4.98 Å². The fraction of sp³-hybridized carbons (Fsp3) is 0.231. The zero-order chi connectivity index (χ0) is 24.2. The van der Waals surface area contributed by atoms with Crippen molar-refractivity contribution in [2.24, 2.45) is 10.7 Å². The van der Waals surface area contributed by atoms with Crippen LogP contribution in [0.2, 0.25) is 0 Å². The standard InChI is InChI=1S/C26H20F3N3O3/c27-26(28,29)18-3-1-2-16(10-18)17-4-5-22-19(11-17)25(14-34-24(30)32-25)20-12-21(31-13-23(20)35-22)15-6-8-33-9-7-15/h1-6,10-13H,7-9,14H2,(H2,30,32)/t25-/m0/s1. The van der Waals surface area contributed by atoms with Crippen LogP contribution >= 0.6 is 0 Å². The summed E-state index contributed by atoms with van der Waals surface area (Å²) >= 11 is 0. The number of hydrogen-bond donors (Lipinski definition) is 1. The first kappa shape index (κ1) is 21.7. The van der Waals surface area contributed by atoms with Crippen molar-refractivity contribution in [3.05, 3.63) is 83.2 Å². The van der Waals surface area contributed by atoms with E-state index in [1.165, 1.54) is 6.07 Å². The number of alkyl halides is 3. The topological polar surface area (TPSA) is 79.0 Å². The lowest BCUT2D eigenvalue weighted by Gasteiger charge is -2.34. The van der Waals surface area contributed by atoms with E-state index in [1.807, 2.05) is 12.1 Å². The van der Waals surface area contributed by atoms with Gasteiger partial charge in [-0.05, 0) is 53.5 Å². The van der Waals surface area contributed by atoms with Gasteiger partial charge in [-0.1, -0.05) is 24.3 Å². The molecule has 0 bridgehead atoms. The lowest BCUT2D eigenvalue weighted by atomic mass is 9.80. The molecule has 0 aliphatic carbocycles. The fourth-order valence-corrected chi connectivity index (χ4v) is 4.75. The van der Waals surface area contributed by atoms with Crippen LogP contribution in [0.15, 0.2) is 65.8 Å². The molecule has 6 nitrogen and oxygen atoms in total. The summed E-state index contributed by atoms with van der Waals surface area (Å²) in [6.07, 6.45) is -0.0426. The quantitative estimate of drug-likeness (QED) is 0.542. The number of aliphatic imine (C=N–C) groups is 1. The molecule has 9 heteroatoms. The summed E-state index contributed by atoms with van der Waals surface area (Å²) in [5.74, 6) is 1.05. The van der Waals surface area contributed by atoms with Gasteiger partial charge in [0.15, 0.2) is 11.3 Å². The van der Waals surface area contributed by atoms with E-state index in [-0.39, 0.29) is 12.6 Å². The number of nitrogens with zero attached hydrogens (tertiary/aromatic N) is 2. The lowest BCUT2D eigenvalue weighted by molar-refractivity contribution is -0.137. The summed E-state index contributed by atoms with van der Waals surface area (Å²) in [5.41, 5.74) is 8.54. The van der Waals surface area contributed by atoms with E-state index < -0.39 is 17.3 Å². The van der Waals surface area contributed by atoms with Gasteiger partial charge in [0.05, 0.1) is 30.7 Å². The summed E-state index contributed by atoms with van der Waals surface area (Å²) in [6.45, 7) is 1.27. The second-order valence-electron chi connectivity index (χ2n) is 8.61. The molecule has 2 aromatic carbocycles. The summed E-state index contributed by atoms with van der Waals surface area (Å²) < 4.78 is 57.1. The predicted molar refractivity (Wildman–Crippen MR) is 123 cm³/mol. The van der Waals surface area contributed by atoms with Crippen molar-refractivity contribution in [1.82, 2.24) is 4.98 Å². The number of nitrogens with two attached hydrogens (primary N) is 1. The molecule has 0 fully saturated rings. The molecule has 178 valence electrons. The average molecular weight is 479 g/mol. The Labute approximate surface area is 198 Å². The van der Waals surface area contributed by atoms with Gasteiger partial charge in [-0.25, -0.2) is 4.99 Å². The first-order valence-electron chi connectivity index (χ1n) is 11.1.